The fourth-order valence-electron chi connectivity index (χ4n) is 3.62. The number of furan rings is 1. The van der Waals surface area contributed by atoms with Gasteiger partial charge < -0.3 is 19.0 Å². The molecule has 1 N–H and O–H groups in total. The van der Waals surface area contributed by atoms with Crippen LogP contribution in [0.2, 0.25) is 0 Å². The maximum absolute atomic E-state index is 12.0. The van der Waals surface area contributed by atoms with E-state index in [4.69, 9.17) is 9.15 Å². The third-order valence-corrected chi connectivity index (χ3v) is 6.07. The predicted octanol–water partition coefficient (Wildman–Crippen LogP) is 3.30. The summed E-state index contributed by atoms with van der Waals surface area (Å²) in [4.78, 5) is 37.4. The number of hydrogen-bond acceptors (Lipinski definition) is 9. The van der Waals surface area contributed by atoms with Gasteiger partial charge in [-0.05, 0) is 42.1 Å². The van der Waals surface area contributed by atoms with Gasteiger partial charge in [-0.25, -0.2) is 4.98 Å². The van der Waals surface area contributed by atoms with Crippen LogP contribution in [0.1, 0.15) is 11.5 Å². The van der Waals surface area contributed by atoms with Gasteiger partial charge in [0.15, 0.2) is 0 Å². The molecule has 2 aliphatic rings. The van der Waals surface area contributed by atoms with E-state index < -0.39 is 11.1 Å². The van der Waals surface area contributed by atoms with Crippen molar-refractivity contribution in [1.29, 1.82) is 0 Å². The molecule has 0 spiro atoms. The molecule has 2 amide bonds. The normalized spacial score (nSPS) is 17.5. The highest BCUT2D eigenvalue weighted by atomic mass is 32.2. The molecule has 33 heavy (non-hydrogen) atoms. The van der Waals surface area contributed by atoms with Crippen molar-refractivity contribution >= 4 is 40.6 Å². The Morgan fingerprint density at radius 3 is 2.52 bits per heavy atom. The monoisotopic (exact) mass is 463 g/mol. The van der Waals surface area contributed by atoms with E-state index in [1.165, 1.54) is 5.69 Å². The summed E-state index contributed by atoms with van der Waals surface area (Å²) in [6.45, 7) is 3.34. The van der Waals surface area contributed by atoms with Gasteiger partial charge in [0.25, 0.3) is 11.1 Å². The van der Waals surface area contributed by atoms with Crippen LogP contribution in [0, 0.1) is 0 Å². The molecule has 0 radical (unpaired) electrons. The van der Waals surface area contributed by atoms with E-state index in [0.717, 1.165) is 37.9 Å². The van der Waals surface area contributed by atoms with E-state index in [-0.39, 0.29) is 11.5 Å². The molecule has 0 saturated carbocycles. The molecular weight excluding hydrogens is 442 g/mol. The Morgan fingerprint density at radius 1 is 1.03 bits per heavy atom. The summed E-state index contributed by atoms with van der Waals surface area (Å²) in [6, 6.07) is 15.5. The van der Waals surface area contributed by atoms with Gasteiger partial charge in [-0.2, -0.15) is 4.98 Å². The first-order valence-corrected chi connectivity index (χ1v) is 11.3. The van der Waals surface area contributed by atoms with Crippen LogP contribution < -0.4 is 19.9 Å². The zero-order valence-corrected chi connectivity index (χ0v) is 18.5. The number of rotatable bonds is 6. The molecule has 9 nitrogen and oxygen atoms in total. The summed E-state index contributed by atoms with van der Waals surface area (Å²) in [7, 11) is 0. The molecule has 4 heterocycles. The summed E-state index contributed by atoms with van der Waals surface area (Å²) in [5.74, 6) is 1.12. The number of carbonyl (C=O) groups is 2. The minimum absolute atomic E-state index is 0.217. The van der Waals surface area contributed by atoms with Crippen molar-refractivity contribution in [2.75, 3.05) is 36.0 Å². The van der Waals surface area contributed by atoms with Crippen molar-refractivity contribution in [1.82, 2.24) is 15.3 Å². The fourth-order valence-corrected chi connectivity index (χ4v) is 4.28. The summed E-state index contributed by atoms with van der Waals surface area (Å²) in [5, 5.41) is 1.86. The number of hydrogen-bond donors (Lipinski definition) is 1. The second-order valence-electron chi connectivity index (χ2n) is 7.46. The zero-order chi connectivity index (χ0) is 22.6. The quantitative estimate of drug-likeness (QED) is 0.552. The summed E-state index contributed by atoms with van der Waals surface area (Å²) in [6.07, 6.45) is 3.16. The molecule has 0 unspecified atom stereocenters. The Hall–Kier alpha value is -3.79. The first-order valence-electron chi connectivity index (χ1n) is 10.5. The number of amides is 2. The zero-order valence-electron chi connectivity index (χ0n) is 17.6. The number of thioether (sulfide) groups is 1. The van der Waals surface area contributed by atoms with Gasteiger partial charge in [0.05, 0.1) is 16.9 Å². The number of anilines is 2. The lowest BCUT2D eigenvalue weighted by Gasteiger charge is -2.36. The van der Waals surface area contributed by atoms with Crippen molar-refractivity contribution in [2.24, 2.45) is 0 Å². The van der Waals surface area contributed by atoms with Gasteiger partial charge in [0.2, 0.25) is 11.8 Å². The van der Waals surface area contributed by atoms with Gasteiger partial charge in [-0.15, -0.1) is 0 Å². The topological polar surface area (TPSA) is 101 Å². The molecule has 2 fully saturated rings. The summed E-state index contributed by atoms with van der Waals surface area (Å²) >= 11 is 0.850. The van der Waals surface area contributed by atoms with Gasteiger partial charge in [0.1, 0.15) is 12.4 Å². The van der Waals surface area contributed by atoms with Crippen LogP contribution in [-0.4, -0.2) is 47.3 Å². The van der Waals surface area contributed by atoms with Crippen LogP contribution >= 0.6 is 11.8 Å². The van der Waals surface area contributed by atoms with E-state index in [0.29, 0.717) is 23.3 Å². The lowest BCUT2D eigenvalue weighted by atomic mass is 10.2. The first-order chi connectivity index (χ1) is 16.1. The number of benzene rings is 1. The van der Waals surface area contributed by atoms with E-state index in [1.807, 2.05) is 24.3 Å². The fraction of sp³-hybridized carbons (Fsp3) is 0.217. The Morgan fingerprint density at radius 2 is 1.82 bits per heavy atom. The molecule has 168 valence electrons. The van der Waals surface area contributed by atoms with Gasteiger partial charge in [-0.3, -0.25) is 14.9 Å². The average Bonchev–Trinajstić information content (AvgIpc) is 3.47. The van der Waals surface area contributed by atoms with E-state index >= 15 is 0 Å². The van der Waals surface area contributed by atoms with Crippen molar-refractivity contribution in [2.45, 2.75) is 6.61 Å². The lowest BCUT2D eigenvalue weighted by molar-refractivity contribution is -0.115. The van der Waals surface area contributed by atoms with Gasteiger partial charge in [-0.1, -0.05) is 18.2 Å². The number of nitrogens with zero attached hydrogens (tertiary/aromatic N) is 4. The van der Waals surface area contributed by atoms with Crippen molar-refractivity contribution < 1.29 is 18.7 Å². The van der Waals surface area contributed by atoms with Crippen LogP contribution in [-0.2, 0) is 11.4 Å². The van der Waals surface area contributed by atoms with Gasteiger partial charge >= 0.3 is 0 Å². The largest absolute Gasteiger partial charge is 0.469 e. The van der Waals surface area contributed by atoms with E-state index in [9.17, 15) is 9.59 Å². The number of para-hydroxylation sites is 1. The highest BCUT2D eigenvalue weighted by Crippen LogP contribution is 2.27. The molecule has 2 aromatic heterocycles. The molecule has 1 aromatic carbocycles. The van der Waals surface area contributed by atoms with Crippen LogP contribution in [0.25, 0.3) is 6.08 Å². The SMILES string of the molecule is O=C1NC(=O)C(=Cc2cc(OCc3ccco3)nc(N3CCN(c4ccccc4)CC3)n2)S1. The Balaban J connectivity index is 1.37. The standard InChI is InChI=1S/C23H21N5O4S/c29-21-19(33-23(30)26-21)13-16-14-20(32-15-18-7-4-12-31-18)25-22(24-16)28-10-8-27(9-11-28)17-5-2-1-3-6-17/h1-7,12-14H,8-11,15H2,(H,26,29,30). The second kappa shape index (κ2) is 9.37. The highest BCUT2D eigenvalue weighted by molar-refractivity contribution is 8.18. The maximum atomic E-state index is 12.0. The Bertz CT molecular complexity index is 1170. The molecule has 2 aliphatic heterocycles. The molecule has 0 aliphatic carbocycles. The number of ether oxygens (including phenoxy) is 1. The lowest BCUT2D eigenvalue weighted by Crippen LogP contribution is -2.47. The summed E-state index contributed by atoms with van der Waals surface area (Å²) in [5.41, 5.74) is 1.68. The molecule has 3 aromatic rings. The number of piperazine rings is 1. The van der Waals surface area contributed by atoms with Crippen LogP contribution in [0.4, 0.5) is 16.4 Å². The minimum Gasteiger partial charge on any atom is -0.469 e. The molecule has 2 saturated heterocycles. The van der Waals surface area contributed by atoms with Crippen molar-refractivity contribution in [3.05, 3.63) is 71.2 Å². The van der Waals surface area contributed by atoms with Crippen LogP contribution in [0.15, 0.2) is 64.1 Å². The minimum atomic E-state index is -0.431. The molecule has 5 rings (SSSR count). The number of nitrogens with one attached hydrogen (secondary N) is 1. The van der Waals surface area contributed by atoms with Crippen LogP contribution in [0.5, 0.6) is 5.88 Å². The van der Waals surface area contributed by atoms with Crippen LogP contribution in [0.3, 0.4) is 0 Å². The van der Waals surface area contributed by atoms with E-state index in [1.54, 1.807) is 24.5 Å². The molecular formula is C23H21N5O4S. The second-order valence-corrected chi connectivity index (χ2v) is 8.48. The Kier molecular flexibility index (Phi) is 5.99. The van der Waals surface area contributed by atoms with Gasteiger partial charge in [0, 0.05) is 37.9 Å². The average molecular weight is 464 g/mol. The third kappa shape index (κ3) is 5.01. The van der Waals surface area contributed by atoms with E-state index in [2.05, 4.69) is 37.2 Å². The number of imide groups is 1. The summed E-state index contributed by atoms with van der Waals surface area (Å²) < 4.78 is 11.2. The first kappa shape index (κ1) is 21.1. The number of carbonyl (C=O) groups excluding carboxylic acids is 2. The molecule has 0 bridgehead atoms. The van der Waals surface area contributed by atoms with Crippen molar-refractivity contribution in [3.63, 3.8) is 0 Å². The number of aromatic nitrogens is 2. The Labute approximate surface area is 194 Å². The maximum Gasteiger partial charge on any atom is 0.290 e. The molecule has 10 heteroatoms. The smallest absolute Gasteiger partial charge is 0.290 e. The van der Waals surface area contributed by atoms with Crippen molar-refractivity contribution in [3.8, 4) is 5.88 Å². The third-order valence-electron chi connectivity index (χ3n) is 5.26. The molecule has 0 atom stereocenters. The predicted molar refractivity (Wildman–Crippen MR) is 125 cm³/mol. The highest BCUT2D eigenvalue weighted by Gasteiger charge is 2.26.